The summed E-state index contributed by atoms with van der Waals surface area (Å²) in [6.45, 7) is 2.08. The lowest BCUT2D eigenvalue weighted by atomic mass is 10.1. The molecule has 2 unspecified atom stereocenters. The van der Waals surface area contributed by atoms with E-state index in [1.54, 1.807) is 23.2 Å². The van der Waals surface area contributed by atoms with Gasteiger partial charge in [0, 0.05) is 25.1 Å². The number of nitrogens with zero attached hydrogens (tertiary/aromatic N) is 2. The molecule has 0 N–H and O–H groups in total. The van der Waals surface area contributed by atoms with Crippen molar-refractivity contribution in [2.75, 3.05) is 12.3 Å². The highest BCUT2D eigenvalue weighted by Gasteiger charge is 2.35. The van der Waals surface area contributed by atoms with Crippen molar-refractivity contribution >= 4 is 16.1 Å². The van der Waals surface area contributed by atoms with Gasteiger partial charge in [-0.05, 0) is 19.1 Å². The van der Waals surface area contributed by atoms with Crippen molar-refractivity contribution in [2.45, 2.75) is 19.4 Å². The molecule has 0 aliphatic carbocycles. The first-order valence-electron chi connectivity index (χ1n) is 5.99. The van der Waals surface area contributed by atoms with E-state index in [0.29, 0.717) is 0 Å². The average Bonchev–Trinajstić information content (AvgIpc) is 2.68. The Bertz CT molecular complexity index is 562. The molecule has 0 aromatic carbocycles. The summed E-state index contributed by atoms with van der Waals surface area (Å²) >= 11 is 0. The van der Waals surface area contributed by atoms with E-state index in [2.05, 4.69) is 4.98 Å². The Hall–Kier alpha value is -1.50. The minimum Gasteiger partial charge on any atom is -0.334 e. The van der Waals surface area contributed by atoms with Crippen molar-refractivity contribution in [3.8, 4) is 0 Å². The maximum atomic E-state index is 12.6. The van der Waals surface area contributed by atoms with Gasteiger partial charge in [-0.25, -0.2) is 0 Å². The van der Waals surface area contributed by atoms with Gasteiger partial charge in [-0.15, -0.1) is 3.89 Å². The van der Waals surface area contributed by atoms with Gasteiger partial charge in [-0.3, -0.25) is 9.78 Å². The maximum Gasteiger partial charge on any atom is 0.302 e. The summed E-state index contributed by atoms with van der Waals surface area (Å²) in [7, 11) is -4.54. The zero-order chi connectivity index (χ0) is 14.0. The monoisotopic (exact) mass is 286 g/mol. The van der Waals surface area contributed by atoms with Crippen molar-refractivity contribution in [3.63, 3.8) is 0 Å². The average molecular weight is 286 g/mol. The minimum absolute atomic E-state index is 0.0698. The molecule has 2 heterocycles. The van der Waals surface area contributed by atoms with Crippen LogP contribution in [0.5, 0.6) is 0 Å². The smallest absolute Gasteiger partial charge is 0.302 e. The third kappa shape index (κ3) is 3.50. The van der Waals surface area contributed by atoms with Crippen LogP contribution in [-0.2, 0) is 15.0 Å². The standard InChI is InChI=1S/C12H15FN2O3S/c1-9(11-4-2-3-5-14-11)15-7-10(6-12(15)16)8-19(13,17)18/h2-5,9-10H,6-8H2,1H3. The molecule has 0 spiro atoms. The molecule has 1 fully saturated rings. The fourth-order valence-corrected chi connectivity index (χ4v) is 3.15. The first-order chi connectivity index (χ1) is 8.87. The molecule has 2 rings (SSSR count). The van der Waals surface area contributed by atoms with Gasteiger partial charge in [-0.2, -0.15) is 8.42 Å². The van der Waals surface area contributed by atoms with E-state index in [0.717, 1.165) is 5.69 Å². The van der Waals surface area contributed by atoms with Crippen molar-refractivity contribution in [1.82, 2.24) is 9.88 Å². The molecule has 19 heavy (non-hydrogen) atoms. The SMILES string of the molecule is CC(c1ccccn1)N1CC(CS(=O)(=O)F)CC1=O. The molecule has 1 aliphatic rings. The second-order valence-corrected chi connectivity index (χ2v) is 6.16. The molecule has 1 amide bonds. The van der Waals surface area contributed by atoms with Crippen molar-refractivity contribution in [3.05, 3.63) is 30.1 Å². The van der Waals surface area contributed by atoms with Gasteiger partial charge in [0.25, 0.3) is 0 Å². The number of halogens is 1. The number of carbonyl (C=O) groups is 1. The molecule has 0 bridgehead atoms. The van der Waals surface area contributed by atoms with E-state index in [4.69, 9.17) is 0 Å². The first-order valence-corrected chi connectivity index (χ1v) is 7.55. The van der Waals surface area contributed by atoms with Crippen LogP contribution in [0.1, 0.15) is 25.1 Å². The van der Waals surface area contributed by atoms with Gasteiger partial charge in [-0.1, -0.05) is 6.07 Å². The quantitative estimate of drug-likeness (QED) is 0.782. The summed E-state index contributed by atoms with van der Waals surface area (Å²) in [6.07, 6.45) is 1.70. The highest BCUT2D eigenvalue weighted by molar-refractivity contribution is 7.86. The molecule has 1 aliphatic heterocycles. The van der Waals surface area contributed by atoms with E-state index < -0.39 is 21.9 Å². The predicted molar refractivity (Wildman–Crippen MR) is 67.4 cm³/mol. The number of likely N-dealkylation sites (tertiary alicyclic amines) is 1. The topological polar surface area (TPSA) is 67.3 Å². The summed E-state index contributed by atoms with van der Waals surface area (Å²) in [4.78, 5) is 17.6. The number of amides is 1. The minimum atomic E-state index is -4.54. The van der Waals surface area contributed by atoms with E-state index in [-0.39, 0.29) is 24.9 Å². The molecular formula is C12H15FN2O3S. The normalized spacial score (nSPS) is 21.7. The van der Waals surface area contributed by atoms with Crippen LogP contribution >= 0.6 is 0 Å². The molecular weight excluding hydrogens is 271 g/mol. The number of rotatable bonds is 4. The molecule has 0 saturated carbocycles. The van der Waals surface area contributed by atoms with Crippen LogP contribution in [0.15, 0.2) is 24.4 Å². The fourth-order valence-electron chi connectivity index (χ4n) is 2.36. The zero-order valence-electron chi connectivity index (χ0n) is 10.5. The fraction of sp³-hybridized carbons (Fsp3) is 0.500. The van der Waals surface area contributed by atoms with Gasteiger partial charge in [0.2, 0.25) is 5.91 Å². The molecule has 7 heteroatoms. The summed E-state index contributed by atoms with van der Waals surface area (Å²) in [6, 6.07) is 5.17. The lowest BCUT2D eigenvalue weighted by molar-refractivity contribution is -0.129. The molecule has 2 atom stereocenters. The van der Waals surface area contributed by atoms with Crippen LogP contribution in [0, 0.1) is 5.92 Å². The number of hydrogen-bond donors (Lipinski definition) is 0. The Kier molecular flexibility index (Phi) is 3.84. The van der Waals surface area contributed by atoms with Gasteiger partial charge >= 0.3 is 10.2 Å². The van der Waals surface area contributed by atoms with Crippen LogP contribution < -0.4 is 0 Å². The number of hydrogen-bond acceptors (Lipinski definition) is 4. The molecule has 0 radical (unpaired) electrons. The van der Waals surface area contributed by atoms with Crippen LogP contribution in [0.4, 0.5) is 3.89 Å². The molecule has 1 saturated heterocycles. The second-order valence-electron chi connectivity index (χ2n) is 4.75. The van der Waals surface area contributed by atoms with Gasteiger partial charge in [0.15, 0.2) is 0 Å². The predicted octanol–water partition coefficient (Wildman–Crippen LogP) is 1.29. The summed E-state index contributed by atoms with van der Waals surface area (Å²) in [5.41, 5.74) is 0.736. The first kappa shape index (κ1) is 13.9. The van der Waals surface area contributed by atoms with Gasteiger partial charge in [0.05, 0.1) is 17.5 Å². The lowest BCUT2D eigenvalue weighted by Gasteiger charge is -2.24. The second kappa shape index (κ2) is 5.24. The van der Waals surface area contributed by atoms with E-state index in [1.807, 2.05) is 13.0 Å². The Morgan fingerprint density at radius 1 is 1.53 bits per heavy atom. The molecule has 1 aromatic heterocycles. The summed E-state index contributed by atoms with van der Waals surface area (Å²) < 4.78 is 33.9. The summed E-state index contributed by atoms with van der Waals surface area (Å²) in [5.74, 6) is -1.23. The lowest BCUT2D eigenvalue weighted by Crippen LogP contribution is -2.29. The number of aromatic nitrogens is 1. The Morgan fingerprint density at radius 2 is 2.26 bits per heavy atom. The van der Waals surface area contributed by atoms with Gasteiger partial charge in [0.1, 0.15) is 0 Å². The van der Waals surface area contributed by atoms with E-state index in [9.17, 15) is 17.1 Å². The molecule has 104 valence electrons. The highest BCUT2D eigenvalue weighted by Crippen LogP contribution is 2.28. The van der Waals surface area contributed by atoms with Crippen LogP contribution in [0.2, 0.25) is 0 Å². The van der Waals surface area contributed by atoms with E-state index in [1.165, 1.54) is 0 Å². The highest BCUT2D eigenvalue weighted by atomic mass is 32.3. The Balaban J connectivity index is 2.08. The van der Waals surface area contributed by atoms with Crippen LogP contribution in [0.25, 0.3) is 0 Å². The van der Waals surface area contributed by atoms with Crippen molar-refractivity contribution in [2.24, 2.45) is 5.92 Å². The Labute approximate surface area is 111 Å². The largest absolute Gasteiger partial charge is 0.334 e. The number of carbonyl (C=O) groups excluding carboxylic acids is 1. The molecule has 5 nitrogen and oxygen atoms in total. The third-order valence-electron chi connectivity index (χ3n) is 3.26. The zero-order valence-corrected chi connectivity index (χ0v) is 11.3. The van der Waals surface area contributed by atoms with Crippen LogP contribution in [-0.4, -0.2) is 36.5 Å². The van der Waals surface area contributed by atoms with Crippen LogP contribution in [0.3, 0.4) is 0 Å². The third-order valence-corrected chi connectivity index (χ3v) is 4.13. The maximum absolute atomic E-state index is 12.6. The van der Waals surface area contributed by atoms with Crippen molar-refractivity contribution in [1.29, 1.82) is 0 Å². The van der Waals surface area contributed by atoms with Crippen molar-refractivity contribution < 1.29 is 17.1 Å². The van der Waals surface area contributed by atoms with Gasteiger partial charge < -0.3 is 4.90 Å². The van der Waals surface area contributed by atoms with E-state index >= 15 is 0 Å². The summed E-state index contributed by atoms with van der Waals surface area (Å²) in [5, 5.41) is 0. The number of pyridine rings is 1. The molecule has 1 aromatic rings. The Morgan fingerprint density at radius 3 is 2.84 bits per heavy atom.